The first-order valence-corrected chi connectivity index (χ1v) is 8.23. The largest absolute Gasteiger partial charge is 0.493 e. The van der Waals surface area contributed by atoms with Gasteiger partial charge in [-0.15, -0.1) is 0 Å². The Morgan fingerprint density at radius 1 is 1.30 bits per heavy atom. The van der Waals surface area contributed by atoms with Crippen LogP contribution in [0.25, 0.3) is 0 Å². The molecule has 0 spiro atoms. The van der Waals surface area contributed by atoms with Crippen LogP contribution in [0.3, 0.4) is 0 Å². The van der Waals surface area contributed by atoms with Crippen LogP contribution in [0.4, 0.5) is 0 Å². The highest BCUT2D eigenvalue weighted by molar-refractivity contribution is 9.10. The average molecular weight is 366 g/mol. The number of aliphatic hydroxyl groups is 1. The summed E-state index contributed by atoms with van der Waals surface area (Å²) in [6.07, 6.45) is -0.159. The number of sulfonamides is 1. The molecule has 1 N–H and O–H groups in total. The molecule has 0 aromatic heterocycles. The summed E-state index contributed by atoms with van der Waals surface area (Å²) in [6.45, 7) is 0.424. The Morgan fingerprint density at radius 2 is 1.90 bits per heavy atom. The third-order valence-corrected chi connectivity index (χ3v) is 6.01. The molecule has 0 bridgehead atoms. The van der Waals surface area contributed by atoms with Crippen LogP contribution in [-0.2, 0) is 10.0 Å². The molecule has 20 heavy (non-hydrogen) atoms. The van der Waals surface area contributed by atoms with Crippen molar-refractivity contribution in [2.75, 3.05) is 27.3 Å². The van der Waals surface area contributed by atoms with E-state index in [-0.39, 0.29) is 11.4 Å². The minimum absolute atomic E-state index is 0.101. The molecule has 1 heterocycles. The quantitative estimate of drug-likeness (QED) is 0.867. The summed E-state index contributed by atoms with van der Waals surface area (Å²) in [5, 5.41) is 9.50. The van der Waals surface area contributed by atoms with Gasteiger partial charge in [0.25, 0.3) is 0 Å². The zero-order chi connectivity index (χ0) is 14.9. The maximum Gasteiger partial charge on any atom is 0.244 e. The molecule has 0 radical (unpaired) electrons. The highest BCUT2D eigenvalue weighted by Crippen LogP contribution is 2.37. The van der Waals surface area contributed by atoms with Crippen LogP contribution in [0.1, 0.15) is 6.42 Å². The lowest BCUT2D eigenvalue weighted by Gasteiger charge is -2.18. The van der Waals surface area contributed by atoms with Gasteiger partial charge >= 0.3 is 0 Å². The maximum absolute atomic E-state index is 12.6. The monoisotopic (exact) mass is 365 g/mol. The molecule has 8 heteroatoms. The third-order valence-electron chi connectivity index (χ3n) is 3.18. The second-order valence-electron chi connectivity index (χ2n) is 4.44. The van der Waals surface area contributed by atoms with E-state index >= 15 is 0 Å². The van der Waals surface area contributed by atoms with E-state index < -0.39 is 16.1 Å². The Labute approximate surface area is 126 Å². The number of hydrogen-bond donors (Lipinski definition) is 1. The predicted octanol–water partition coefficient (Wildman–Crippen LogP) is 1.22. The molecule has 1 atom stereocenters. The van der Waals surface area contributed by atoms with Crippen LogP contribution < -0.4 is 9.47 Å². The van der Waals surface area contributed by atoms with Gasteiger partial charge in [-0.2, -0.15) is 4.31 Å². The number of benzene rings is 1. The SMILES string of the molecule is COc1cc(Br)c(S(=O)(=O)N2CC[C@H](O)C2)cc1OC. The number of ether oxygens (including phenoxy) is 2. The molecule has 0 unspecified atom stereocenters. The van der Waals surface area contributed by atoms with Gasteiger partial charge in [0.2, 0.25) is 10.0 Å². The molecule has 0 amide bonds. The Morgan fingerprint density at radius 3 is 2.40 bits per heavy atom. The van der Waals surface area contributed by atoms with Crippen molar-refractivity contribution in [2.45, 2.75) is 17.4 Å². The second-order valence-corrected chi connectivity index (χ2v) is 7.20. The van der Waals surface area contributed by atoms with E-state index in [0.717, 1.165) is 0 Å². The summed E-state index contributed by atoms with van der Waals surface area (Å²) >= 11 is 3.25. The molecule has 0 aliphatic carbocycles. The number of nitrogens with zero attached hydrogens (tertiary/aromatic N) is 1. The number of methoxy groups -OCH3 is 2. The van der Waals surface area contributed by atoms with E-state index in [2.05, 4.69) is 15.9 Å². The Hall–Kier alpha value is -0.830. The number of aliphatic hydroxyl groups excluding tert-OH is 1. The van der Waals surface area contributed by atoms with Crippen molar-refractivity contribution in [2.24, 2.45) is 0 Å². The number of β-amino-alcohol motifs (C(OH)–C–C–N with tert-alkyl or cyclic N) is 1. The molecule has 1 aromatic rings. The summed E-state index contributed by atoms with van der Waals surface area (Å²) in [5.74, 6) is 0.786. The van der Waals surface area contributed by atoms with Gasteiger partial charge in [-0.05, 0) is 28.4 Å². The van der Waals surface area contributed by atoms with E-state index in [0.29, 0.717) is 28.9 Å². The van der Waals surface area contributed by atoms with Gasteiger partial charge in [0, 0.05) is 23.6 Å². The van der Waals surface area contributed by atoms with E-state index in [4.69, 9.17) is 9.47 Å². The maximum atomic E-state index is 12.6. The van der Waals surface area contributed by atoms with Gasteiger partial charge in [0.15, 0.2) is 11.5 Å². The first-order valence-electron chi connectivity index (χ1n) is 6.00. The Bertz CT molecular complexity index is 604. The van der Waals surface area contributed by atoms with E-state index in [1.54, 1.807) is 6.07 Å². The van der Waals surface area contributed by atoms with E-state index in [1.165, 1.54) is 24.6 Å². The van der Waals surface area contributed by atoms with E-state index in [9.17, 15) is 13.5 Å². The summed E-state index contributed by atoms with van der Waals surface area (Å²) in [7, 11) is -0.741. The fraction of sp³-hybridized carbons (Fsp3) is 0.500. The van der Waals surface area contributed by atoms with Crippen LogP contribution in [0.5, 0.6) is 11.5 Å². The summed E-state index contributed by atoms with van der Waals surface area (Å²) < 4.78 is 37.0. The molecule has 0 saturated carbocycles. The van der Waals surface area contributed by atoms with Crippen LogP contribution in [-0.4, -0.2) is 51.2 Å². The Kier molecular flexibility index (Phi) is 4.58. The first kappa shape index (κ1) is 15.6. The summed E-state index contributed by atoms with van der Waals surface area (Å²) in [5.41, 5.74) is 0. The lowest BCUT2D eigenvalue weighted by molar-refractivity contribution is 0.189. The highest BCUT2D eigenvalue weighted by Gasteiger charge is 2.33. The van der Waals surface area contributed by atoms with Gasteiger partial charge in [-0.1, -0.05) is 0 Å². The molecule has 6 nitrogen and oxygen atoms in total. The van der Waals surface area contributed by atoms with Crippen molar-refractivity contribution in [1.29, 1.82) is 0 Å². The van der Waals surface area contributed by atoms with Crippen molar-refractivity contribution < 1.29 is 23.0 Å². The van der Waals surface area contributed by atoms with Crippen molar-refractivity contribution in [3.63, 3.8) is 0 Å². The highest BCUT2D eigenvalue weighted by atomic mass is 79.9. The van der Waals surface area contributed by atoms with Gasteiger partial charge in [-0.3, -0.25) is 0 Å². The normalized spacial score (nSPS) is 20.1. The smallest absolute Gasteiger partial charge is 0.244 e. The summed E-state index contributed by atoms with van der Waals surface area (Å²) in [4.78, 5) is 0.101. The molecule has 1 aliphatic heterocycles. The fourth-order valence-corrected chi connectivity index (χ4v) is 4.59. The van der Waals surface area contributed by atoms with Crippen LogP contribution >= 0.6 is 15.9 Å². The van der Waals surface area contributed by atoms with Crippen molar-refractivity contribution in [3.8, 4) is 11.5 Å². The lowest BCUT2D eigenvalue weighted by atomic mass is 10.3. The van der Waals surface area contributed by atoms with Gasteiger partial charge in [-0.25, -0.2) is 8.42 Å². The minimum atomic E-state index is -3.67. The van der Waals surface area contributed by atoms with Gasteiger partial charge in [0.1, 0.15) is 4.90 Å². The molecule has 1 aromatic carbocycles. The average Bonchev–Trinajstić information content (AvgIpc) is 2.85. The van der Waals surface area contributed by atoms with Crippen LogP contribution in [0, 0.1) is 0 Å². The predicted molar refractivity (Wildman–Crippen MR) is 76.6 cm³/mol. The zero-order valence-corrected chi connectivity index (χ0v) is 13.6. The molecule has 1 aliphatic rings. The molecular weight excluding hydrogens is 350 g/mol. The summed E-state index contributed by atoms with van der Waals surface area (Å²) in [6, 6.07) is 2.97. The van der Waals surface area contributed by atoms with Crippen molar-refractivity contribution in [3.05, 3.63) is 16.6 Å². The van der Waals surface area contributed by atoms with Crippen LogP contribution in [0.15, 0.2) is 21.5 Å². The minimum Gasteiger partial charge on any atom is -0.493 e. The standard InChI is InChI=1S/C12H16BrNO5S/c1-18-10-5-9(13)12(6-11(10)19-2)20(16,17)14-4-3-8(15)7-14/h5-6,8,15H,3-4,7H2,1-2H3/t8-/m0/s1. The number of halogens is 1. The number of hydrogen-bond acceptors (Lipinski definition) is 5. The molecule has 112 valence electrons. The molecule has 1 fully saturated rings. The van der Waals surface area contributed by atoms with Gasteiger partial charge < -0.3 is 14.6 Å². The molecule has 2 rings (SSSR count). The first-order chi connectivity index (χ1) is 9.40. The Balaban J connectivity index is 2.46. The molecule has 1 saturated heterocycles. The lowest BCUT2D eigenvalue weighted by Crippen LogP contribution is -2.30. The zero-order valence-electron chi connectivity index (χ0n) is 11.2. The molecular formula is C12H16BrNO5S. The van der Waals surface area contributed by atoms with Crippen LogP contribution in [0.2, 0.25) is 0 Å². The van der Waals surface area contributed by atoms with Crippen molar-refractivity contribution >= 4 is 26.0 Å². The number of rotatable bonds is 4. The van der Waals surface area contributed by atoms with E-state index in [1.807, 2.05) is 0 Å². The fourth-order valence-electron chi connectivity index (χ4n) is 2.10. The van der Waals surface area contributed by atoms with Gasteiger partial charge in [0.05, 0.1) is 20.3 Å². The topological polar surface area (TPSA) is 76.1 Å². The second kappa shape index (κ2) is 5.88. The third kappa shape index (κ3) is 2.78. The van der Waals surface area contributed by atoms with Crippen molar-refractivity contribution in [1.82, 2.24) is 4.31 Å².